The molecule has 6 nitrogen and oxygen atoms in total. The number of ketones is 1. The average Bonchev–Trinajstić information content (AvgIpc) is 2.54. The number of hydrogen-bond donors (Lipinski definition) is 3. The summed E-state index contributed by atoms with van der Waals surface area (Å²) in [5.74, 6) is -2.36. The number of aromatic hydroxyl groups is 2. The third-order valence-electron chi connectivity index (χ3n) is 3.81. The van der Waals surface area contributed by atoms with Crippen LogP contribution in [-0.4, -0.2) is 44.7 Å². The number of esters is 1. The molecule has 0 bridgehead atoms. The number of halogens is 2. The molecule has 2 rings (SSSR count). The van der Waals surface area contributed by atoms with Crippen LogP contribution in [0.1, 0.15) is 29.3 Å². The van der Waals surface area contributed by atoms with E-state index in [9.17, 15) is 24.9 Å². The van der Waals surface area contributed by atoms with Gasteiger partial charge >= 0.3 is 5.97 Å². The molecule has 0 radical (unpaired) electrons. The molecule has 0 saturated carbocycles. The Hall–Kier alpha value is -2.02. The number of benzene rings is 1. The van der Waals surface area contributed by atoms with Crippen LogP contribution in [0.2, 0.25) is 5.02 Å². The lowest BCUT2D eigenvalue weighted by atomic mass is 9.99. The lowest BCUT2D eigenvalue weighted by molar-refractivity contribution is -0.114. The van der Waals surface area contributed by atoms with Crippen molar-refractivity contribution in [3.8, 4) is 11.5 Å². The number of cyclic esters (lactones) is 1. The lowest BCUT2D eigenvalue weighted by Crippen LogP contribution is -2.27. The van der Waals surface area contributed by atoms with Crippen molar-refractivity contribution in [2.75, 3.05) is 0 Å². The van der Waals surface area contributed by atoms with Crippen molar-refractivity contribution in [2.24, 2.45) is 0 Å². The predicted octanol–water partition coefficient (Wildman–Crippen LogP) is 2.89. The second-order valence-electron chi connectivity index (χ2n) is 5.93. The number of aliphatic hydroxyl groups is 1. The highest BCUT2D eigenvalue weighted by atomic mass is 35.5. The van der Waals surface area contributed by atoms with Gasteiger partial charge in [0.05, 0.1) is 16.5 Å². The Morgan fingerprint density at radius 1 is 1.19 bits per heavy atom. The van der Waals surface area contributed by atoms with Crippen molar-refractivity contribution in [1.29, 1.82) is 0 Å². The zero-order valence-electron chi connectivity index (χ0n) is 13.9. The van der Waals surface area contributed by atoms with Gasteiger partial charge in [-0.3, -0.25) is 4.79 Å². The molecule has 0 aromatic heterocycles. The molecule has 1 heterocycles. The zero-order chi connectivity index (χ0) is 19.4. The van der Waals surface area contributed by atoms with E-state index in [1.807, 2.05) is 0 Å². The third kappa shape index (κ3) is 4.78. The number of ether oxygens (including phenoxy) is 1. The molecule has 140 valence electrons. The average molecular weight is 401 g/mol. The van der Waals surface area contributed by atoms with E-state index in [-0.39, 0.29) is 29.0 Å². The molecular weight excluding hydrogens is 383 g/mol. The normalized spacial score (nSPS) is 27.2. The van der Waals surface area contributed by atoms with E-state index in [1.165, 1.54) is 24.3 Å². The van der Waals surface area contributed by atoms with Crippen LogP contribution in [0.5, 0.6) is 11.5 Å². The van der Waals surface area contributed by atoms with Gasteiger partial charge in [0.1, 0.15) is 23.2 Å². The van der Waals surface area contributed by atoms with Gasteiger partial charge in [0.2, 0.25) is 0 Å². The summed E-state index contributed by atoms with van der Waals surface area (Å²) in [5, 5.41) is 29.0. The Morgan fingerprint density at radius 2 is 1.88 bits per heavy atom. The molecule has 0 saturated heterocycles. The summed E-state index contributed by atoms with van der Waals surface area (Å²) in [4.78, 5) is 24.6. The van der Waals surface area contributed by atoms with Gasteiger partial charge in [0.25, 0.3) is 0 Å². The maximum Gasteiger partial charge on any atom is 0.342 e. The topological polar surface area (TPSA) is 104 Å². The largest absolute Gasteiger partial charge is 0.507 e. The summed E-state index contributed by atoms with van der Waals surface area (Å²) in [7, 11) is 0. The first kappa shape index (κ1) is 20.3. The van der Waals surface area contributed by atoms with Crippen molar-refractivity contribution < 1.29 is 29.6 Å². The minimum absolute atomic E-state index is 0.0344. The third-order valence-corrected chi connectivity index (χ3v) is 4.67. The van der Waals surface area contributed by atoms with Gasteiger partial charge in [-0.1, -0.05) is 29.8 Å². The number of carbonyl (C=O) groups excluding carboxylic acids is 2. The Labute approximate surface area is 160 Å². The number of carbonyl (C=O) groups is 2. The van der Waals surface area contributed by atoms with Crippen LogP contribution in [-0.2, 0) is 16.0 Å². The molecule has 0 aliphatic carbocycles. The molecule has 26 heavy (non-hydrogen) atoms. The van der Waals surface area contributed by atoms with Crippen molar-refractivity contribution >= 4 is 35.0 Å². The number of hydrogen-bond acceptors (Lipinski definition) is 6. The maximum absolute atomic E-state index is 12.5. The first-order valence-corrected chi connectivity index (χ1v) is 8.66. The molecule has 3 atom stereocenters. The maximum atomic E-state index is 12.5. The lowest BCUT2D eigenvalue weighted by Gasteiger charge is -2.20. The molecular formula is C18H18Cl2O6. The van der Waals surface area contributed by atoms with E-state index in [0.29, 0.717) is 0 Å². The summed E-state index contributed by atoms with van der Waals surface area (Å²) in [6.45, 7) is 1.56. The van der Waals surface area contributed by atoms with Gasteiger partial charge in [-0.2, -0.15) is 0 Å². The highest BCUT2D eigenvalue weighted by Crippen LogP contribution is 2.37. The molecule has 0 amide bonds. The van der Waals surface area contributed by atoms with Gasteiger partial charge in [0, 0.05) is 24.5 Å². The van der Waals surface area contributed by atoms with Crippen LogP contribution >= 0.6 is 23.2 Å². The number of allylic oxidation sites excluding steroid dienone is 3. The number of phenolic OH excluding ortho intramolecular Hbond substituents is 2. The van der Waals surface area contributed by atoms with Gasteiger partial charge in [-0.25, -0.2) is 4.79 Å². The van der Waals surface area contributed by atoms with Gasteiger partial charge in [-0.05, 0) is 13.0 Å². The van der Waals surface area contributed by atoms with E-state index < -0.39 is 40.8 Å². The molecule has 1 aromatic carbocycles. The number of aliphatic hydroxyl groups excluding tert-OH is 1. The zero-order valence-corrected chi connectivity index (χ0v) is 15.4. The summed E-state index contributed by atoms with van der Waals surface area (Å²) < 4.78 is 5.24. The first-order chi connectivity index (χ1) is 12.2. The molecule has 3 N–H and O–H groups in total. The van der Waals surface area contributed by atoms with Gasteiger partial charge < -0.3 is 20.1 Å². The highest BCUT2D eigenvalue weighted by Gasteiger charge is 2.27. The van der Waals surface area contributed by atoms with E-state index in [2.05, 4.69) is 0 Å². The summed E-state index contributed by atoms with van der Waals surface area (Å²) in [6, 6.07) is 0.906. The monoisotopic (exact) mass is 400 g/mol. The van der Waals surface area contributed by atoms with E-state index in [4.69, 9.17) is 27.9 Å². The molecule has 0 unspecified atom stereocenters. The molecule has 0 fully saturated rings. The number of fused-ring (bicyclic) bond motifs is 1. The SMILES string of the molecule is C[C@@H]1C[C@@H](O)[C@H](Cl)/C=C\C=C\C(=O)Cc2c(Cl)c(O)cc(O)c2C(=O)O1. The van der Waals surface area contributed by atoms with E-state index in [0.717, 1.165) is 6.07 Å². The molecule has 8 heteroatoms. The number of alkyl halides is 1. The van der Waals surface area contributed by atoms with Gasteiger partial charge in [0.15, 0.2) is 5.78 Å². The van der Waals surface area contributed by atoms with Gasteiger partial charge in [-0.15, -0.1) is 11.6 Å². The summed E-state index contributed by atoms with van der Waals surface area (Å²) in [6.07, 6.45) is 3.73. The fourth-order valence-corrected chi connectivity index (χ4v) is 2.93. The number of rotatable bonds is 0. The summed E-state index contributed by atoms with van der Waals surface area (Å²) in [5.41, 5.74) is -0.335. The minimum atomic E-state index is -0.987. The van der Waals surface area contributed by atoms with Crippen LogP contribution < -0.4 is 0 Å². The van der Waals surface area contributed by atoms with Crippen molar-refractivity contribution in [1.82, 2.24) is 0 Å². The minimum Gasteiger partial charge on any atom is -0.507 e. The van der Waals surface area contributed by atoms with Crippen molar-refractivity contribution in [2.45, 2.75) is 37.4 Å². The predicted molar refractivity (Wildman–Crippen MR) is 96.9 cm³/mol. The Bertz CT molecular complexity index is 771. The number of phenols is 2. The fourth-order valence-electron chi connectivity index (χ4n) is 2.53. The molecule has 1 aliphatic heterocycles. The van der Waals surface area contributed by atoms with Crippen LogP contribution in [0.25, 0.3) is 0 Å². The molecule has 0 spiro atoms. The first-order valence-electron chi connectivity index (χ1n) is 7.84. The molecule has 1 aromatic rings. The molecule has 1 aliphatic rings. The Kier molecular flexibility index (Phi) is 6.69. The Balaban J connectivity index is 2.51. The Morgan fingerprint density at radius 3 is 2.58 bits per heavy atom. The highest BCUT2D eigenvalue weighted by molar-refractivity contribution is 6.33. The standard InChI is InChI=1S/C18H18Cl2O6/c1-9-6-13(22)12(19)5-3-2-4-10(21)7-11-16(18(25)26-9)14(23)8-15(24)17(11)20/h2-5,8-9,12-13,22-24H,6-7H2,1H3/b4-2+,5-3-/t9-,12-,13-/m1/s1. The quantitative estimate of drug-likeness (QED) is 0.456. The summed E-state index contributed by atoms with van der Waals surface area (Å²) >= 11 is 12.1. The van der Waals surface area contributed by atoms with Crippen LogP contribution in [0.3, 0.4) is 0 Å². The van der Waals surface area contributed by atoms with Crippen molar-refractivity contribution in [3.05, 3.63) is 46.5 Å². The smallest absolute Gasteiger partial charge is 0.342 e. The van der Waals surface area contributed by atoms with Crippen LogP contribution in [0.4, 0.5) is 0 Å². The van der Waals surface area contributed by atoms with Crippen LogP contribution in [0, 0.1) is 0 Å². The van der Waals surface area contributed by atoms with Crippen molar-refractivity contribution in [3.63, 3.8) is 0 Å². The van der Waals surface area contributed by atoms with E-state index >= 15 is 0 Å². The second kappa shape index (κ2) is 8.58. The van der Waals surface area contributed by atoms with E-state index in [1.54, 1.807) is 6.92 Å². The fraction of sp³-hybridized carbons (Fsp3) is 0.333. The van der Waals surface area contributed by atoms with Crippen LogP contribution in [0.15, 0.2) is 30.4 Å². The second-order valence-corrected chi connectivity index (χ2v) is 6.81.